The minimum Gasteiger partial charge on any atom is -0.482 e. The first-order valence-corrected chi connectivity index (χ1v) is 12.3. The van der Waals surface area contributed by atoms with Crippen molar-refractivity contribution in [3.05, 3.63) is 100 Å². The topological polar surface area (TPSA) is 58.6 Å². The van der Waals surface area contributed by atoms with E-state index < -0.39 is 6.04 Å². The number of carbonyl (C=O) groups excluding carboxylic acids is 2. The maximum absolute atomic E-state index is 13.5. The zero-order chi connectivity index (χ0) is 25.2. The fourth-order valence-electron chi connectivity index (χ4n) is 3.57. The van der Waals surface area contributed by atoms with E-state index in [1.807, 2.05) is 74.5 Å². The quantitative estimate of drug-likeness (QED) is 0.354. The van der Waals surface area contributed by atoms with Gasteiger partial charge in [-0.1, -0.05) is 97.7 Å². The molecule has 0 aromatic heterocycles. The van der Waals surface area contributed by atoms with E-state index in [1.54, 1.807) is 23.1 Å². The van der Waals surface area contributed by atoms with Gasteiger partial charge in [-0.3, -0.25) is 9.59 Å². The number of carbonyl (C=O) groups is 2. The first-order valence-electron chi connectivity index (χ1n) is 11.6. The maximum atomic E-state index is 13.5. The summed E-state index contributed by atoms with van der Waals surface area (Å²) in [6, 6.07) is 23.4. The van der Waals surface area contributed by atoms with Crippen molar-refractivity contribution in [3.8, 4) is 5.75 Å². The highest BCUT2D eigenvalue weighted by atomic mass is 35.5. The van der Waals surface area contributed by atoms with E-state index in [0.29, 0.717) is 28.8 Å². The van der Waals surface area contributed by atoms with Crippen LogP contribution >= 0.6 is 23.2 Å². The molecule has 0 aliphatic heterocycles. The minimum atomic E-state index is -0.715. The van der Waals surface area contributed by atoms with E-state index in [4.69, 9.17) is 27.9 Å². The Kier molecular flexibility index (Phi) is 10.0. The zero-order valence-electron chi connectivity index (χ0n) is 19.9. The van der Waals surface area contributed by atoms with Crippen molar-refractivity contribution in [2.45, 2.75) is 32.9 Å². The predicted octanol–water partition coefficient (Wildman–Crippen LogP) is 5.78. The molecule has 7 heteroatoms. The largest absolute Gasteiger partial charge is 0.482 e. The number of rotatable bonds is 11. The molecule has 3 aromatic carbocycles. The van der Waals surface area contributed by atoms with Crippen LogP contribution in [-0.4, -0.2) is 35.9 Å². The molecule has 3 rings (SSSR count). The molecular weight excluding hydrogens is 483 g/mol. The molecule has 0 aliphatic carbocycles. The summed E-state index contributed by atoms with van der Waals surface area (Å²) in [5.74, 6) is 0.120. The Bertz CT molecular complexity index is 1110. The highest BCUT2D eigenvalue weighted by Gasteiger charge is 2.30. The van der Waals surface area contributed by atoms with Gasteiger partial charge in [-0.05, 0) is 35.2 Å². The number of amides is 2. The van der Waals surface area contributed by atoms with Gasteiger partial charge in [0, 0.05) is 24.5 Å². The number of nitrogens with zero attached hydrogens (tertiary/aromatic N) is 1. The van der Waals surface area contributed by atoms with E-state index >= 15 is 0 Å². The molecule has 5 nitrogen and oxygen atoms in total. The Balaban J connectivity index is 1.88. The van der Waals surface area contributed by atoms with Crippen LogP contribution in [-0.2, 0) is 22.6 Å². The molecule has 0 spiro atoms. The van der Waals surface area contributed by atoms with Crippen molar-refractivity contribution in [2.75, 3.05) is 13.2 Å². The summed E-state index contributed by atoms with van der Waals surface area (Å²) >= 11 is 12.2. The highest BCUT2D eigenvalue weighted by molar-refractivity contribution is 6.35. The first kappa shape index (κ1) is 26.6. The van der Waals surface area contributed by atoms with Gasteiger partial charge >= 0.3 is 0 Å². The Morgan fingerprint density at radius 3 is 2.14 bits per heavy atom. The molecular formula is C28H30Cl2N2O3. The van der Waals surface area contributed by atoms with E-state index in [-0.39, 0.29) is 30.9 Å². The molecule has 35 heavy (non-hydrogen) atoms. The molecule has 1 atom stereocenters. The third kappa shape index (κ3) is 8.30. The lowest BCUT2D eigenvalue weighted by Gasteiger charge is -2.31. The summed E-state index contributed by atoms with van der Waals surface area (Å²) in [4.78, 5) is 28.5. The van der Waals surface area contributed by atoms with Gasteiger partial charge in [-0.2, -0.15) is 0 Å². The Morgan fingerprint density at radius 2 is 1.54 bits per heavy atom. The summed E-state index contributed by atoms with van der Waals surface area (Å²) in [7, 11) is 0. The van der Waals surface area contributed by atoms with Crippen molar-refractivity contribution in [1.29, 1.82) is 0 Å². The van der Waals surface area contributed by atoms with Gasteiger partial charge in [0.2, 0.25) is 5.91 Å². The summed E-state index contributed by atoms with van der Waals surface area (Å²) in [6.45, 7) is 4.58. The second-order valence-electron chi connectivity index (χ2n) is 8.72. The van der Waals surface area contributed by atoms with E-state index in [1.165, 1.54) is 0 Å². The van der Waals surface area contributed by atoms with Crippen LogP contribution in [0.3, 0.4) is 0 Å². The van der Waals surface area contributed by atoms with Crippen molar-refractivity contribution < 1.29 is 14.3 Å². The number of benzene rings is 3. The van der Waals surface area contributed by atoms with Gasteiger partial charge in [-0.25, -0.2) is 0 Å². The number of hydrogen-bond acceptors (Lipinski definition) is 3. The van der Waals surface area contributed by atoms with Crippen LogP contribution in [0.5, 0.6) is 5.75 Å². The number of hydrogen-bond donors (Lipinski definition) is 1. The van der Waals surface area contributed by atoms with Crippen LogP contribution in [0.2, 0.25) is 10.0 Å². The van der Waals surface area contributed by atoms with Gasteiger partial charge in [0.05, 0.1) is 5.02 Å². The summed E-state index contributed by atoms with van der Waals surface area (Å²) in [5.41, 5.74) is 1.88. The molecule has 0 saturated carbocycles. The average molecular weight is 513 g/mol. The lowest BCUT2D eigenvalue weighted by Crippen LogP contribution is -2.52. The van der Waals surface area contributed by atoms with Crippen LogP contribution in [0.15, 0.2) is 78.9 Å². The van der Waals surface area contributed by atoms with E-state index in [2.05, 4.69) is 5.32 Å². The summed E-state index contributed by atoms with van der Waals surface area (Å²) < 4.78 is 5.74. The number of nitrogens with one attached hydrogen (secondary N) is 1. The lowest BCUT2D eigenvalue weighted by atomic mass is 10.0. The minimum absolute atomic E-state index is 0.198. The van der Waals surface area contributed by atoms with Gasteiger partial charge in [0.1, 0.15) is 11.8 Å². The number of ether oxygens (including phenoxy) is 1. The normalized spacial score (nSPS) is 11.7. The van der Waals surface area contributed by atoms with Crippen LogP contribution < -0.4 is 10.1 Å². The summed E-state index contributed by atoms with van der Waals surface area (Å²) in [6.07, 6.45) is 0.380. The predicted molar refractivity (Wildman–Crippen MR) is 141 cm³/mol. The fourth-order valence-corrected chi connectivity index (χ4v) is 4.03. The van der Waals surface area contributed by atoms with Gasteiger partial charge < -0.3 is 15.0 Å². The first-order chi connectivity index (χ1) is 16.8. The van der Waals surface area contributed by atoms with Crippen LogP contribution in [0, 0.1) is 5.92 Å². The average Bonchev–Trinajstić information content (AvgIpc) is 2.85. The van der Waals surface area contributed by atoms with Crippen LogP contribution in [0.1, 0.15) is 25.0 Å². The van der Waals surface area contributed by atoms with Gasteiger partial charge in [0.15, 0.2) is 6.61 Å². The fraction of sp³-hybridized carbons (Fsp3) is 0.286. The SMILES string of the molecule is CC(C)CNC(=O)[C@H](Cc1ccccc1)N(Cc1ccccc1)C(=O)COc1ccc(Cl)cc1Cl. The molecule has 3 aromatic rings. The third-order valence-corrected chi connectivity index (χ3v) is 5.93. The lowest BCUT2D eigenvalue weighted by molar-refractivity contribution is -0.142. The second-order valence-corrected chi connectivity index (χ2v) is 9.56. The van der Waals surface area contributed by atoms with Crippen molar-refractivity contribution in [2.24, 2.45) is 5.92 Å². The summed E-state index contributed by atoms with van der Waals surface area (Å²) in [5, 5.41) is 3.79. The molecule has 2 amide bonds. The van der Waals surface area contributed by atoms with Crippen LogP contribution in [0.25, 0.3) is 0 Å². The smallest absolute Gasteiger partial charge is 0.261 e. The molecule has 184 valence electrons. The van der Waals surface area contributed by atoms with Gasteiger partial charge in [0.25, 0.3) is 5.91 Å². The van der Waals surface area contributed by atoms with Gasteiger partial charge in [-0.15, -0.1) is 0 Å². The van der Waals surface area contributed by atoms with Crippen molar-refractivity contribution >= 4 is 35.0 Å². The molecule has 1 N–H and O–H groups in total. The third-order valence-electron chi connectivity index (χ3n) is 5.40. The zero-order valence-corrected chi connectivity index (χ0v) is 21.4. The van der Waals surface area contributed by atoms with Crippen molar-refractivity contribution in [1.82, 2.24) is 10.2 Å². The molecule has 0 heterocycles. The Hall–Kier alpha value is -3.02. The molecule has 0 radical (unpaired) electrons. The molecule has 0 bridgehead atoms. The van der Waals surface area contributed by atoms with E-state index in [9.17, 15) is 9.59 Å². The van der Waals surface area contributed by atoms with Crippen LogP contribution in [0.4, 0.5) is 0 Å². The Labute approximate surface area is 217 Å². The monoisotopic (exact) mass is 512 g/mol. The Morgan fingerprint density at radius 1 is 0.914 bits per heavy atom. The standard InChI is InChI=1S/C28H30Cl2N2O3/c1-20(2)17-31-28(34)25(15-21-9-5-3-6-10-21)32(18-22-11-7-4-8-12-22)27(33)19-35-26-14-13-23(29)16-24(26)30/h3-14,16,20,25H,15,17-19H2,1-2H3,(H,31,34)/t25-/m0/s1. The second kappa shape index (κ2) is 13.2. The number of halogens is 2. The molecule has 0 fully saturated rings. The van der Waals surface area contributed by atoms with Crippen molar-refractivity contribution in [3.63, 3.8) is 0 Å². The maximum Gasteiger partial charge on any atom is 0.261 e. The molecule has 0 unspecified atom stereocenters. The molecule has 0 saturated heterocycles. The molecule has 0 aliphatic rings. The highest BCUT2D eigenvalue weighted by Crippen LogP contribution is 2.27. The van der Waals surface area contributed by atoms with E-state index in [0.717, 1.165) is 11.1 Å².